The third-order valence-electron chi connectivity index (χ3n) is 4.22. The lowest BCUT2D eigenvalue weighted by Gasteiger charge is -2.14. The van der Waals surface area contributed by atoms with Crippen molar-refractivity contribution in [1.82, 2.24) is 19.6 Å². The molecular formula is C16H17N5. The molecule has 1 atom stereocenters. The van der Waals surface area contributed by atoms with Crippen LogP contribution in [0.5, 0.6) is 0 Å². The maximum atomic E-state index is 6.26. The molecule has 0 amide bonds. The number of hydrogen-bond acceptors (Lipinski definition) is 4. The minimum atomic E-state index is 0.174. The van der Waals surface area contributed by atoms with E-state index in [0.717, 1.165) is 24.0 Å². The lowest BCUT2D eigenvalue weighted by atomic mass is 9.95. The zero-order chi connectivity index (χ0) is 14.2. The maximum absolute atomic E-state index is 6.26. The molecule has 1 aliphatic carbocycles. The van der Waals surface area contributed by atoms with E-state index in [2.05, 4.69) is 33.3 Å². The van der Waals surface area contributed by atoms with Crippen molar-refractivity contribution in [2.75, 3.05) is 0 Å². The SMILES string of the molecule is NC1CCCCc2cc(-c3cnc4ncnn4c3)ccc21. The highest BCUT2D eigenvalue weighted by Crippen LogP contribution is 2.30. The van der Waals surface area contributed by atoms with Gasteiger partial charge in [-0.2, -0.15) is 10.1 Å². The summed E-state index contributed by atoms with van der Waals surface area (Å²) >= 11 is 0. The van der Waals surface area contributed by atoms with Gasteiger partial charge in [-0.15, -0.1) is 0 Å². The van der Waals surface area contributed by atoms with Crippen LogP contribution >= 0.6 is 0 Å². The number of nitrogens with zero attached hydrogens (tertiary/aromatic N) is 4. The van der Waals surface area contributed by atoms with Crippen molar-refractivity contribution in [1.29, 1.82) is 0 Å². The van der Waals surface area contributed by atoms with Crippen molar-refractivity contribution < 1.29 is 0 Å². The number of aryl methyl sites for hydroxylation is 1. The Kier molecular flexibility index (Phi) is 2.93. The number of hydrogen-bond donors (Lipinski definition) is 1. The molecule has 5 heteroatoms. The van der Waals surface area contributed by atoms with Gasteiger partial charge in [0, 0.05) is 24.0 Å². The van der Waals surface area contributed by atoms with Crippen molar-refractivity contribution in [3.8, 4) is 11.1 Å². The van der Waals surface area contributed by atoms with Gasteiger partial charge in [0.05, 0.1) is 0 Å². The minimum absolute atomic E-state index is 0.174. The first kappa shape index (κ1) is 12.5. The molecule has 0 saturated heterocycles. The van der Waals surface area contributed by atoms with Gasteiger partial charge in [-0.3, -0.25) is 0 Å². The van der Waals surface area contributed by atoms with E-state index >= 15 is 0 Å². The van der Waals surface area contributed by atoms with Gasteiger partial charge < -0.3 is 5.73 Å². The Morgan fingerprint density at radius 2 is 2.10 bits per heavy atom. The third-order valence-corrected chi connectivity index (χ3v) is 4.22. The number of aromatic nitrogens is 4. The highest BCUT2D eigenvalue weighted by atomic mass is 15.3. The van der Waals surface area contributed by atoms with Gasteiger partial charge in [-0.1, -0.05) is 24.6 Å². The van der Waals surface area contributed by atoms with E-state index in [1.165, 1.54) is 30.3 Å². The quantitative estimate of drug-likeness (QED) is 0.695. The van der Waals surface area contributed by atoms with Gasteiger partial charge >= 0.3 is 0 Å². The van der Waals surface area contributed by atoms with E-state index in [4.69, 9.17) is 5.73 Å². The zero-order valence-electron chi connectivity index (χ0n) is 11.7. The molecule has 2 N–H and O–H groups in total. The normalized spacial score (nSPS) is 18.4. The van der Waals surface area contributed by atoms with Crippen molar-refractivity contribution in [2.24, 2.45) is 5.73 Å². The molecule has 3 aromatic rings. The van der Waals surface area contributed by atoms with Crippen LogP contribution in [-0.4, -0.2) is 19.6 Å². The van der Waals surface area contributed by atoms with Gasteiger partial charge in [0.1, 0.15) is 6.33 Å². The summed E-state index contributed by atoms with van der Waals surface area (Å²) in [6.45, 7) is 0. The zero-order valence-corrected chi connectivity index (χ0v) is 11.7. The number of benzene rings is 1. The van der Waals surface area contributed by atoms with E-state index in [1.807, 2.05) is 12.4 Å². The average Bonchev–Trinajstić information content (AvgIpc) is 2.90. The molecule has 106 valence electrons. The molecule has 0 radical (unpaired) electrons. The van der Waals surface area contributed by atoms with Crippen LogP contribution in [0, 0.1) is 0 Å². The monoisotopic (exact) mass is 279 g/mol. The van der Waals surface area contributed by atoms with Crippen LogP contribution in [0.15, 0.2) is 36.9 Å². The molecule has 0 bridgehead atoms. The standard InChI is InChI=1S/C16H17N5/c17-15-4-2-1-3-12-7-11(5-6-14(12)15)13-8-18-16-19-10-20-21(16)9-13/h5-10,15H,1-4,17H2. The van der Waals surface area contributed by atoms with Crippen LogP contribution in [0.25, 0.3) is 16.9 Å². The average molecular weight is 279 g/mol. The molecule has 5 nitrogen and oxygen atoms in total. The Hall–Kier alpha value is -2.27. The first-order valence-corrected chi connectivity index (χ1v) is 7.35. The summed E-state index contributed by atoms with van der Waals surface area (Å²) in [5, 5.41) is 4.14. The summed E-state index contributed by atoms with van der Waals surface area (Å²) in [5.41, 5.74) is 11.1. The Labute approximate surface area is 122 Å². The van der Waals surface area contributed by atoms with E-state index in [0.29, 0.717) is 5.78 Å². The molecule has 1 aliphatic rings. The Morgan fingerprint density at radius 1 is 1.14 bits per heavy atom. The molecule has 0 spiro atoms. The van der Waals surface area contributed by atoms with Crippen LogP contribution in [-0.2, 0) is 6.42 Å². The molecular weight excluding hydrogens is 262 g/mol. The predicted molar refractivity (Wildman–Crippen MR) is 80.7 cm³/mol. The summed E-state index contributed by atoms with van der Waals surface area (Å²) in [7, 11) is 0. The third kappa shape index (κ3) is 2.19. The van der Waals surface area contributed by atoms with E-state index in [9.17, 15) is 0 Å². The molecule has 0 aliphatic heterocycles. The van der Waals surface area contributed by atoms with Crippen molar-refractivity contribution in [3.63, 3.8) is 0 Å². The fraction of sp³-hybridized carbons (Fsp3) is 0.312. The first-order chi connectivity index (χ1) is 10.3. The van der Waals surface area contributed by atoms with Crippen LogP contribution < -0.4 is 5.73 Å². The van der Waals surface area contributed by atoms with Crippen LogP contribution in [0.1, 0.15) is 36.4 Å². The molecule has 2 aromatic heterocycles. The smallest absolute Gasteiger partial charge is 0.252 e. The van der Waals surface area contributed by atoms with Crippen LogP contribution in [0.3, 0.4) is 0 Å². The van der Waals surface area contributed by atoms with E-state index in [1.54, 1.807) is 4.52 Å². The summed E-state index contributed by atoms with van der Waals surface area (Å²) in [6, 6.07) is 6.73. The second-order valence-corrected chi connectivity index (χ2v) is 5.61. The maximum Gasteiger partial charge on any atom is 0.252 e. The van der Waals surface area contributed by atoms with E-state index < -0.39 is 0 Å². The largest absolute Gasteiger partial charge is 0.324 e. The Morgan fingerprint density at radius 3 is 3.05 bits per heavy atom. The number of fused-ring (bicyclic) bond motifs is 2. The summed E-state index contributed by atoms with van der Waals surface area (Å²) in [4.78, 5) is 8.40. The fourth-order valence-electron chi connectivity index (χ4n) is 3.07. The molecule has 4 rings (SSSR count). The molecule has 1 unspecified atom stereocenters. The van der Waals surface area contributed by atoms with Crippen molar-refractivity contribution >= 4 is 5.78 Å². The number of nitrogens with two attached hydrogens (primary N) is 1. The molecule has 2 heterocycles. The minimum Gasteiger partial charge on any atom is -0.324 e. The molecule has 0 fully saturated rings. The second-order valence-electron chi connectivity index (χ2n) is 5.61. The summed E-state index contributed by atoms with van der Waals surface area (Å²) in [5.74, 6) is 0.621. The molecule has 0 saturated carbocycles. The van der Waals surface area contributed by atoms with Gasteiger partial charge in [-0.25, -0.2) is 9.50 Å². The Bertz CT molecular complexity index is 792. The second kappa shape index (κ2) is 4.93. The summed E-state index contributed by atoms with van der Waals surface area (Å²) < 4.78 is 1.70. The topological polar surface area (TPSA) is 69.1 Å². The van der Waals surface area contributed by atoms with Crippen molar-refractivity contribution in [2.45, 2.75) is 31.7 Å². The van der Waals surface area contributed by atoms with Gasteiger partial charge in [0.25, 0.3) is 5.78 Å². The molecule has 1 aromatic carbocycles. The Balaban J connectivity index is 1.79. The number of rotatable bonds is 1. The highest BCUT2D eigenvalue weighted by molar-refractivity contribution is 5.64. The highest BCUT2D eigenvalue weighted by Gasteiger charge is 2.16. The van der Waals surface area contributed by atoms with E-state index in [-0.39, 0.29) is 6.04 Å². The summed E-state index contributed by atoms with van der Waals surface area (Å²) in [6.07, 6.45) is 9.94. The predicted octanol–water partition coefficient (Wildman–Crippen LogP) is 2.52. The van der Waals surface area contributed by atoms with Crippen LogP contribution in [0.4, 0.5) is 0 Å². The lowest BCUT2D eigenvalue weighted by molar-refractivity contribution is 0.615. The van der Waals surface area contributed by atoms with Crippen molar-refractivity contribution in [3.05, 3.63) is 48.0 Å². The molecule has 21 heavy (non-hydrogen) atoms. The van der Waals surface area contributed by atoms with Crippen LogP contribution in [0.2, 0.25) is 0 Å². The first-order valence-electron chi connectivity index (χ1n) is 7.35. The van der Waals surface area contributed by atoms with Gasteiger partial charge in [-0.05, 0) is 36.0 Å². The fourth-order valence-corrected chi connectivity index (χ4v) is 3.07. The van der Waals surface area contributed by atoms with Gasteiger partial charge in [0.2, 0.25) is 0 Å². The lowest BCUT2D eigenvalue weighted by Crippen LogP contribution is -2.10. The van der Waals surface area contributed by atoms with Gasteiger partial charge in [0.15, 0.2) is 0 Å².